The van der Waals surface area contributed by atoms with Crippen LogP contribution in [0.25, 0.3) is 22.5 Å². The number of aryl methyl sites for hydroxylation is 2. The van der Waals surface area contributed by atoms with Crippen molar-refractivity contribution < 1.29 is 19.0 Å². The summed E-state index contributed by atoms with van der Waals surface area (Å²) in [5, 5.41) is 14.6. The van der Waals surface area contributed by atoms with Crippen LogP contribution in [0.5, 0.6) is 5.75 Å². The van der Waals surface area contributed by atoms with Crippen LogP contribution < -0.4 is 4.74 Å². The highest BCUT2D eigenvalue weighted by Crippen LogP contribution is 2.34. The zero-order valence-corrected chi connectivity index (χ0v) is 20.8. The molecule has 1 heterocycles. The zero-order valence-electron chi connectivity index (χ0n) is 20.1. The van der Waals surface area contributed by atoms with Gasteiger partial charge in [0.15, 0.2) is 0 Å². The van der Waals surface area contributed by atoms with E-state index in [0.717, 1.165) is 40.8 Å². The van der Waals surface area contributed by atoms with Crippen LogP contribution in [0.3, 0.4) is 0 Å². The highest BCUT2D eigenvalue weighted by Gasteiger charge is 2.17. The van der Waals surface area contributed by atoms with Crippen molar-refractivity contribution in [3.63, 3.8) is 0 Å². The number of hydrogen-bond acceptors (Lipinski definition) is 3. The van der Waals surface area contributed by atoms with Crippen LogP contribution >= 0.6 is 11.6 Å². The normalized spacial score (nSPS) is 11.0. The van der Waals surface area contributed by atoms with E-state index < -0.39 is 5.97 Å². The van der Waals surface area contributed by atoms with Crippen LogP contribution in [0.1, 0.15) is 37.3 Å². The Hall–Kier alpha value is -3.64. The van der Waals surface area contributed by atoms with E-state index in [0.29, 0.717) is 36.0 Å². The first kappa shape index (κ1) is 25.5. The monoisotopic (exact) mass is 506 g/mol. The average Bonchev–Trinajstić information content (AvgIpc) is 3.29. The Balaban J connectivity index is 1.74. The Labute approximate surface area is 215 Å². The lowest BCUT2D eigenvalue weighted by Crippen LogP contribution is -2.03. The number of aliphatic carboxylic acids is 1. The summed E-state index contributed by atoms with van der Waals surface area (Å²) in [5.74, 6) is -0.534. The largest absolute Gasteiger partial charge is 0.488 e. The molecule has 4 aromatic rings. The summed E-state index contributed by atoms with van der Waals surface area (Å²) in [7, 11) is 0. The van der Waals surface area contributed by atoms with Gasteiger partial charge in [-0.3, -0.25) is 9.48 Å². The van der Waals surface area contributed by atoms with E-state index in [1.165, 1.54) is 12.1 Å². The van der Waals surface area contributed by atoms with Gasteiger partial charge in [-0.15, -0.1) is 0 Å². The molecule has 1 N–H and O–H groups in total. The standard InChI is InChI=1S/C29H28ClFN2O3/c1-2-3-14-33-27(22-7-5-9-24(31)17-22)18-26(32-33)25-16-20(11-13-29(34)35)10-12-28(25)36-19-21-6-4-8-23(30)15-21/h4-10,12,15-18H,2-3,11,13-14,19H2,1H3,(H,34,35). The predicted octanol–water partition coefficient (Wildman–Crippen LogP) is 7.41. The molecule has 0 aliphatic rings. The number of nitrogens with zero attached hydrogens (tertiary/aromatic N) is 2. The van der Waals surface area contributed by atoms with Crippen LogP contribution in [0.2, 0.25) is 5.02 Å². The minimum atomic E-state index is -0.852. The van der Waals surface area contributed by atoms with Gasteiger partial charge in [-0.05, 0) is 66.4 Å². The van der Waals surface area contributed by atoms with Crippen LogP contribution in [-0.2, 0) is 24.4 Å². The first-order valence-corrected chi connectivity index (χ1v) is 12.4. The second-order valence-corrected chi connectivity index (χ2v) is 9.08. The molecule has 0 radical (unpaired) electrons. The van der Waals surface area contributed by atoms with Crippen molar-refractivity contribution >= 4 is 17.6 Å². The molecule has 1 aromatic heterocycles. The van der Waals surface area contributed by atoms with E-state index in [9.17, 15) is 9.18 Å². The highest BCUT2D eigenvalue weighted by atomic mass is 35.5. The van der Waals surface area contributed by atoms with Crippen LogP contribution in [0.15, 0.2) is 72.8 Å². The van der Waals surface area contributed by atoms with E-state index in [4.69, 9.17) is 26.5 Å². The number of rotatable bonds is 11. The molecule has 7 heteroatoms. The number of unbranched alkanes of at least 4 members (excludes halogenated alkanes) is 1. The maximum absolute atomic E-state index is 14.0. The zero-order chi connectivity index (χ0) is 25.5. The summed E-state index contributed by atoms with van der Waals surface area (Å²) < 4.78 is 22.1. The lowest BCUT2D eigenvalue weighted by atomic mass is 10.0. The van der Waals surface area contributed by atoms with Gasteiger partial charge in [0.1, 0.15) is 18.2 Å². The van der Waals surface area contributed by atoms with Crippen molar-refractivity contribution in [1.82, 2.24) is 9.78 Å². The molecule has 5 nitrogen and oxygen atoms in total. The van der Waals surface area contributed by atoms with Crippen molar-refractivity contribution in [3.05, 3.63) is 94.8 Å². The topological polar surface area (TPSA) is 64.4 Å². The summed E-state index contributed by atoms with van der Waals surface area (Å²) in [6, 6.07) is 21.5. The maximum Gasteiger partial charge on any atom is 0.303 e. The molecule has 3 aromatic carbocycles. The van der Waals surface area contributed by atoms with Gasteiger partial charge in [0.25, 0.3) is 0 Å². The fraction of sp³-hybridized carbons (Fsp3) is 0.241. The Bertz CT molecular complexity index is 1350. The molecule has 0 aliphatic carbocycles. The molecule has 0 saturated carbocycles. The molecule has 0 spiro atoms. The number of carboxylic acids is 1. The van der Waals surface area contributed by atoms with Crippen LogP contribution in [0, 0.1) is 5.82 Å². The molecule has 4 rings (SSSR count). The molecule has 0 bridgehead atoms. The number of hydrogen-bond donors (Lipinski definition) is 1. The van der Waals surface area contributed by atoms with Crippen molar-refractivity contribution in [2.24, 2.45) is 0 Å². The number of carbonyl (C=O) groups is 1. The third-order valence-electron chi connectivity index (χ3n) is 5.85. The first-order chi connectivity index (χ1) is 17.4. The van der Waals surface area contributed by atoms with Crippen molar-refractivity contribution in [2.75, 3.05) is 0 Å². The lowest BCUT2D eigenvalue weighted by Gasteiger charge is -2.12. The van der Waals surface area contributed by atoms with Gasteiger partial charge < -0.3 is 9.84 Å². The van der Waals surface area contributed by atoms with E-state index in [1.54, 1.807) is 6.07 Å². The van der Waals surface area contributed by atoms with Gasteiger partial charge in [-0.1, -0.05) is 55.3 Å². The quantitative estimate of drug-likeness (QED) is 0.230. The fourth-order valence-corrected chi connectivity index (χ4v) is 4.22. The summed E-state index contributed by atoms with van der Waals surface area (Å²) in [4.78, 5) is 11.1. The Morgan fingerprint density at radius 3 is 2.64 bits per heavy atom. The Morgan fingerprint density at radius 2 is 1.89 bits per heavy atom. The molecule has 0 unspecified atom stereocenters. The number of ether oxygens (including phenoxy) is 1. The van der Waals surface area contributed by atoms with E-state index >= 15 is 0 Å². The number of halogens is 2. The molecular weight excluding hydrogens is 479 g/mol. The molecule has 36 heavy (non-hydrogen) atoms. The van der Waals surface area contributed by atoms with E-state index in [-0.39, 0.29) is 12.2 Å². The van der Waals surface area contributed by atoms with Crippen molar-refractivity contribution in [1.29, 1.82) is 0 Å². The van der Waals surface area contributed by atoms with Gasteiger partial charge in [-0.25, -0.2) is 4.39 Å². The van der Waals surface area contributed by atoms with Gasteiger partial charge in [-0.2, -0.15) is 5.10 Å². The smallest absolute Gasteiger partial charge is 0.303 e. The minimum Gasteiger partial charge on any atom is -0.488 e. The first-order valence-electron chi connectivity index (χ1n) is 12.0. The van der Waals surface area contributed by atoms with Gasteiger partial charge in [0.2, 0.25) is 0 Å². The third kappa shape index (κ3) is 6.52. The SMILES string of the molecule is CCCCn1nc(-c2cc(CCC(=O)O)ccc2OCc2cccc(Cl)c2)cc1-c1cccc(F)c1. The Kier molecular flexibility index (Phi) is 8.39. The van der Waals surface area contributed by atoms with Crippen LogP contribution in [0.4, 0.5) is 4.39 Å². The summed E-state index contributed by atoms with van der Waals surface area (Å²) in [5.41, 5.74) is 4.80. The van der Waals surface area contributed by atoms with E-state index in [2.05, 4.69) is 6.92 Å². The minimum absolute atomic E-state index is 0.0294. The molecule has 0 aliphatic heterocycles. The summed E-state index contributed by atoms with van der Waals surface area (Å²) in [6.45, 7) is 3.12. The van der Waals surface area contributed by atoms with Crippen molar-refractivity contribution in [3.8, 4) is 28.3 Å². The molecule has 0 amide bonds. The Morgan fingerprint density at radius 1 is 1.06 bits per heavy atom. The molecule has 0 fully saturated rings. The van der Waals surface area contributed by atoms with Gasteiger partial charge in [0, 0.05) is 29.1 Å². The van der Waals surface area contributed by atoms with Gasteiger partial charge >= 0.3 is 5.97 Å². The third-order valence-corrected chi connectivity index (χ3v) is 6.09. The maximum atomic E-state index is 14.0. The molecule has 186 valence electrons. The molecule has 0 saturated heterocycles. The van der Waals surface area contributed by atoms with Crippen molar-refractivity contribution in [2.45, 2.75) is 45.8 Å². The van der Waals surface area contributed by atoms with Gasteiger partial charge in [0.05, 0.1) is 11.4 Å². The van der Waals surface area contributed by atoms with E-state index in [1.807, 2.05) is 59.3 Å². The lowest BCUT2D eigenvalue weighted by molar-refractivity contribution is -0.136. The molecule has 0 atom stereocenters. The van der Waals surface area contributed by atoms with Crippen LogP contribution in [-0.4, -0.2) is 20.9 Å². The fourth-order valence-electron chi connectivity index (χ4n) is 4.00. The number of carboxylic acid groups (broad SMARTS) is 1. The summed E-state index contributed by atoms with van der Waals surface area (Å²) >= 11 is 6.12. The second-order valence-electron chi connectivity index (χ2n) is 8.64. The second kappa shape index (κ2) is 11.9. The summed E-state index contributed by atoms with van der Waals surface area (Å²) in [6.07, 6.45) is 2.35. The number of benzene rings is 3. The predicted molar refractivity (Wildman–Crippen MR) is 140 cm³/mol. The highest BCUT2D eigenvalue weighted by molar-refractivity contribution is 6.30. The number of aromatic nitrogens is 2. The average molecular weight is 507 g/mol. The molecular formula is C29H28ClFN2O3.